The van der Waals surface area contributed by atoms with Crippen LogP contribution in [0.4, 0.5) is 5.82 Å². The van der Waals surface area contributed by atoms with Crippen molar-refractivity contribution in [1.29, 1.82) is 0 Å². The fourth-order valence-electron chi connectivity index (χ4n) is 7.75. The Kier molecular flexibility index (Phi) is 5.37. The van der Waals surface area contributed by atoms with Crippen LogP contribution in [-0.4, -0.2) is 47.7 Å². The molecule has 0 radical (unpaired) electrons. The Balaban J connectivity index is 1.23. The standard InChI is InChI=1S/C28H34N4OS/c1-2-4-22(5-3-1)23-17-34-27-25(23)26(30-24(31-27)16-32-6-8-33-9-7-32)29-18-28-13-19-10-20(14-28)12-21(11-19)15-28/h1-5,17,19-21H,6-16,18H2,(H,29,30,31). The molecule has 34 heavy (non-hydrogen) atoms. The van der Waals surface area contributed by atoms with Crippen LogP contribution in [0.3, 0.4) is 0 Å². The molecule has 178 valence electrons. The van der Waals surface area contributed by atoms with Gasteiger partial charge in [0.25, 0.3) is 0 Å². The average molecular weight is 475 g/mol. The largest absolute Gasteiger partial charge is 0.379 e. The van der Waals surface area contributed by atoms with Gasteiger partial charge in [0, 0.05) is 30.6 Å². The molecule has 4 aliphatic carbocycles. The van der Waals surface area contributed by atoms with Crippen molar-refractivity contribution < 1.29 is 4.74 Å². The van der Waals surface area contributed by atoms with Crippen LogP contribution in [0, 0.1) is 23.2 Å². The minimum absolute atomic E-state index is 0.472. The van der Waals surface area contributed by atoms with Gasteiger partial charge in [0.2, 0.25) is 0 Å². The number of hydrogen-bond acceptors (Lipinski definition) is 6. The number of nitrogens with one attached hydrogen (secondary N) is 1. The third-order valence-electron chi connectivity index (χ3n) is 8.83. The van der Waals surface area contributed by atoms with Gasteiger partial charge in [-0.3, -0.25) is 4.90 Å². The minimum Gasteiger partial charge on any atom is -0.379 e. The molecule has 6 heteroatoms. The van der Waals surface area contributed by atoms with E-state index in [9.17, 15) is 0 Å². The van der Waals surface area contributed by atoms with Crippen LogP contribution in [0.5, 0.6) is 0 Å². The first kappa shape index (κ1) is 21.3. The van der Waals surface area contributed by atoms with Crippen molar-refractivity contribution in [3.8, 4) is 11.1 Å². The van der Waals surface area contributed by atoms with E-state index in [0.29, 0.717) is 5.41 Å². The van der Waals surface area contributed by atoms with Crippen molar-refractivity contribution in [2.45, 2.75) is 45.1 Å². The van der Waals surface area contributed by atoms with Crippen molar-refractivity contribution in [2.75, 3.05) is 38.2 Å². The number of rotatable bonds is 6. The Morgan fingerprint density at radius 3 is 2.38 bits per heavy atom. The number of ether oxygens (including phenoxy) is 1. The van der Waals surface area contributed by atoms with E-state index in [4.69, 9.17) is 14.7 Å². The Bertz CT molecular complexity index is 1130. The molecule has 2 aromatic heterocycles. The van der Waals surface area contributed by atoms with E-state index in [0.717, 1.165) is 73.6 Å². The van der Waals surface area contributed by atoms with Gasteiger partial charge >= 0.3 is 0 Å². The van der Waals surface area contributed by atoms with Crippen LogP contribution in [0.25, 0.3) is 21.3 Å². The van der Waals surface area contributed by atoms with Gasteiger partial charge in [0.05, 0.1) is 25.1 Å². The van der Waals surface area contributed by atoms with Crippen LogP contribution < -0.4 is 5.32 Å². The summed E-state index contributed by atoms with van der Waals surface area (Å²) >= 11 is 1.75. The molecule has 3 aromatic rings. The molecule has 8 rings (SSSR count). The third kappa shape index (κ3) is 3.94. The number of nitrogens with zero attached hydrogens (tertiary/aromatic N) is 3. The summed E-state index contributed by atoms with van der Waals surface area (Å²) in [6.07, 6.45) is 8.71. The van der Waals surface area contributed by atoms with Crippen molar-refractivity contribution >= 4 is 27.4 Å². The number of aromatic nitrogens is 2. The molecule has 1 aliphatic heterocycles. The average Bonchev–Trinajstić information content (AvgIpc) is 3.27. The van der Waals surface area contributed by atoms with Crippen molar-refractivity contribution in [3.05, 3.63) is 41.5 Å². The van der Waals surface area contributed by atoms with Crippen LogP contribution in [0.15, 0.2) is 35.7 Å². The first-order chi connectivity index (χ1) is 16.7. The lowest BCUT2D eigenvalue weighted by molar-refractivity contribution is -0.0444. The molecule has 5 aliphatic rings. The lowest BCUT2D eigenvalue weighted by Crippen LogP contribution is -2.49. The molecular formula is C28H34N4OS. The van der Waals surface area contributed by atoms with Crippen LogP contribution in [-0.2, 0) is 11.3 Å². The van der Waals surface area contributed by atoms with Gasteiger partial charge in [0.1, 0.15) is 16.5 Å². The molecule has 5 nitrogen and oxygen atoms in total. The Morgan fingerprint density at radius 1 is 0.971 bits per heavy atom. The number of hydrogen-bond donors (Lipinski definition) is 1. The number of fused-ring (bicyclic) bond motifs is 1. The monoisotopic (exact) mass is 474 g/mol. The summed E-state index contributed by atoms with van der Waals surface area (Å²) in [5, 5.41) is 7.40. The van der Waals surface area contributed by atoms with Gasteiger partial charge in [-0.2, -0.15) is 0 Å². The summed E-state index contributed by atoms with van der Waals surface area (Å²) in [6.45, 7) is 5.37. The number of anilines is 1. The lowest BCUT2D eigenvalue weighted by Gasteiger charge is -2.57. The van der Waals surface area contributed by atoms with Crippen molar-refractivity contribution in [1.82, 2.24) is 14.9 Å². The highest BCUT2D eigenvalue weighted by Crippen LogP contribution is 2.60. The molecule has 5 fully saturated rings. The first-order valence-electron chi connectivity index (χ1n) is 13.1. The third-order valence-corrected chi connectivity index (χ3v) is 9.70. The molecule has 3 heterocycles. The zero-order valence-corrected chi connectivity index (χ0v) is 20.7. The highest BCUT2D eigenvalue weighted by Gasteiger charge is 2.50. The highest BCUT2D eigenvalue weighted by molar-refractivity contribution is 7.17. The van der Waals surface area contributed by atoms with E-state index in [1.165, 1.54) is 55.0 Å². The second-order valence-corrected chi connectivity index (χ2v) is 12.2. The molecule has 0 atom stereocenters. The van der Waals surface area contributed by atoms with Crippen molar-refractivity contribution in [3.63, 3.8) is 0 Å². The summed E-state index contributed by atoms with van der Waals surface area (Å²) in [7, 11) is 0. The van der Waals surface area contributed by atoms with E-state index in [1.807, 2.05) is 0 Å². The number of morpholine rings is 1. The molecule has 4 bridgehead atoms. The van der Waals surface area contributed by atoms with Crippen molar-refractivity contribution in [2.24, 2.45) is 23.2 Å². The van der Waals surface area contributed by atoms with E-state index in [-0.39, 0.29) is 0 Å². The predicted molar refractivity (Wildman–Crippen MR) is 138 cm³/mol. The lowest BCUT2D eigenvalue weighted by atomic mass is 9.49. The molecule has 0 unspecified atom stereocenters. The molecule has 1 aromatic carbocycles. The SMILES string of the molecule is c1ccc(-c2csc3nc(CN4CCOCC4)nc(NCC45CC6CC(CC(C6)C4)C5)c23)cc1. The topological polar surface area (TPSA) is 50.3 Å². The fraction of sp³-hybridized carbons (Fsp3) is 0.571. The molecule has 0 spiro atoms. The van der Waals surface area contributed by atoms with Gasteiger partial charge in [0.15, 0.2) is 0 Å². The smallest absolute Gasteiger partial charge is 0.146 e. The van der Waals surface area contributed by atoms with E-state index >= 15 is 0 Å². The molecular weight excluding hydrogens is 440 g/mol. The number of benzene rings is 1. The Morgan fingerprint density at radius 2 is 1.68 bits per heavy atom. The van der Waals surface area contributed by atoms with Gasteiger partial charge in [-0.15, -0.1) is 11.3 Å². The second-order valence-electron chi connectivity index (χ2n) is 11.3. The Labute approximate surface area is 205 Å². The highest BCUT2D eigenvalue weighted by atomic mass is 32.1. The maximum absolute atomic E-state index is 5.55. The van der Waals surface area contributed by atoms with Crippen LogP contribution in [0.2, 0.25) is 0 Å². The maximum Gasteiger partial charge on any atom is 0.146 e. The van der Waals surface area contributed by atoms with Gasteiger partial charge < -0.3 is 10.1 Å². The van der Waals surface area contributed by atoms with Crippen LogP contribution >= 0.6 is 11.3 Å². The van der Waals surface area contributed by atoms with Gasteiger partial charge in [-0.1, -0.05) is 30.3 Å². The Hall–Kier alpha value is -2.02. The molecule has 1 saturated heterocycles. The van der Waals surface area contributed by atoms with Gasteiger partial charge in [-0.25, -0.2) is 9.97 Å². The minimum atomic E-state index is 0.472. The van der Waals surface area contributed by atoms with E-state index < -0.39 is 0 Å². The van der Waals surface area contributed by atoms with Gasteiger partial charge in [-0.05, 0) is 67.3 Å². The normalized spacial score (nSPS) is 30.8. The number of thiophene rings is 1. The predicted octanol–water partition coefficient (Wildman–Crippen LogP) is 5.82. The molecule has 1 N–H and O–H groups in total. The summed E-state index contributed by atoms with van der Waals surface area (Å²) in [5.74, 6) is 4.89. The van der Waals surface area contributed by atoms with Crippen LogP contribution in [0.1, 0.15) is 44.3 Å². The maximum atomic E-state index is 5.55. The second kappa shape index (κ2) is 8.58. The molecule has 0 amide bonds. The molecule has 4 saturated carbocycles. The summed E-state index contributed by atoms with van der Waals surface area (Å²) in [4.78, 5) is 13.7. The summed E-state index contributed by atoms with van der Waals surface area (Å²) < 4.78 is 5.55. The zero-order valence-electron chi connectivity index (χ0n) is 19.8. The zero-order chi connectivity index (χ0) is 22.5. The fourth-order valence-corrected chi connectivity index (χ4v) is 8.72. The van der Waals surface area contributed by atoms with E-state index in [1.54, 1.807) is 11.3 Å². The summed E-state index contributed by atoms with van der Waals surface area (Å²) in [5.41, 5.74) is 2.97. The van der Waals surface area contributed by atoms with E-state index in [2.05, 4.69) is 45.9 Å². The summed E-state index contributed by atoms with van der Waals surface area (Å²) in [6, 6.07) is 10.7. The first-order valence-corrected chi connectivity index (χ1v) is 14.0. The quantitative estimate of drug-likeness (QED) is 0.488.